The van der Waals surface area contributed by atoms with Crippen LogP contribution in [-0.2, 0) is 11.3 Å². The first-order chi connectivity index (χ1) is 7.75. The molecule has 2 unspecified atom stereocenters. The summed E-state index contributed by atoms with van der Waals surface area (Å²) in [5.74, 6) is 0. The Labute approximate surface area is 106 Å². The Bertz CT molecular complexity index is 342. The van der Waals surface area contributed by atoms with Crippen molar-refractivity contribution in [2.24, 2.45) is 0 Å². The van der Waals surface area contributed by atoms with Gasteiger partial charge < -0.3 is 10.1 Å². The molecule has 0 aliphatic carbocycles. The SMILES string of the molecule is CC1CCC(CNCc2ccccc2Br)O1. The number of rotatable bonds is 4. The maximum absolute atomic E-state index is 5.76. The third kappa shape index (κ3) is 3.30. The van der Waals surface area contributed by atoms with Gasteiger partial charge in [0.05, 0.1) is 12.2 Å². The van der Waals surface area contributed by atoms with Gasteiger partial charge in [-0.1, -0.05) is 34.1 Å². The van der Waals surface area contributed by atoms with Gasteiger partial charge in [-0.15, -0.1) is 0 Å². The van der Waals surface area contributed by atoms with E-state index in [0.717, 1.165) is 13.1 Å². The van der Waals surface area contributed by atoms with E-state index >= 15 is 0 Å². The molecular formula is C13H18BrNO. The summed E-state index contributed by atoms with van der Waals surface area (Å²) >= 11 is 3.55. The van der Waals surface area contributed by atoms with Gasteiger partial charge in [-0.3, -0.25) is 0 Å². The van der Waals surface area contributed by atoms with E-state index in [1.54, 1.807) is 0 Å². The Kier molecular flexibility index (Phi) is 4.38. The van der Waals surface area contributed by atoms with Crippen molar-refractivity contribution in [3.63, 3.8) is 0 Å². The van der Waals surface area contributed by atoms with Crippen LogP contribution in [0.3, 0.4) is 0 Å². The molecule has 1 N–H and O–H groups in total. The van der Waals surface area contributed by atoms with Crippen LogP contribution in [0.25, 0.3) is 0 Å². The summed E-state index contributed by atoms with van der Waals surface area (Å²) in [6.07, 6.45) is 3.22. The summed E-state index contributed by atoms with van der Waals surface area (Å²) in [6, 6.07) is 8.31. The summed E-state index contributed by atoms with van der Waals surface area (Å²) in [7, 11) is 0. The van der Waals surface area contributed by atoms with Crippen LogP contribution in [0.5, 0.6) is 0 Å². The molecule has 0 bridgehead atoms. The number of benzene rings is 1. The Hall–Kier alpha value is -0.380. The first-order valence-corrected chi connectivity index (χ1v) is 6.64. The van der Waals surface area contributed by atoms with E-state index in [1.807, 2.05) is 6.07 Å². The zero-order valence-electron chi connectivity index (χ0n) is 9.58. The van der Waals surface area contributed by atoms with Gasteiger partial charge >= 0.3 is 0 Å². The molecule has 0 amide bonds. The van der Waals surface area contributed by atoms with Crippen molar-refractivity contribution in [1.29, 1.82) is 0 Å². The summed E-state index contributed by atoms with van der Waals surface area (Å²) in [5, 5.41) is 3.45. The third-order valence-corrected chi connectivity index (χ3v) is 3.74. The molecular weight excluding hydrogens is 266 g/mol. The molecule has 0 aromatic heterocycles. The molecule has 1 aliphatic heterocycles. The zero-order valence-corrected chi connectivity index (χ0v) is 11.2. The largest absolute Gasteiger partial charge is 0.374 e. The monoisotopic (exact) mass is 283 g/mol. The van der Waals surface area contributed by atoms with E-state index in [2.05, 4.69) is 46.4 Å². The predicted octanol–water partition coefficient (Wildman–Crippen LogP) is 3.11. The molecule has 16 heavy (non-hydrogen) atoms. The highest BCUT2D eigenvalue weighted by atomic mass is 79.9. The molecule has 1 aromatic carbocycles. The van der Waals surface area contributed by atoms with Crippen LogP contribution < -0.4 is 5.32 Å². The lowest BCUT2D eigenvalue weighted by molar-refractivity contribution is 0.0559. The van der Waals surface area contributed by atoms with E-state index in [4.69, 9.17) is 4.74 Å². The highest BCUT2D eigenvalue weighted by Crippen LogP contribution is 2.19. The predicted molar refractivity (Wildman–Crippen MR) is 69.4 cm³/mol. The molecule has 2 atom stereocenters. The third-order valence-electron chi connectivity index (χ3n) is 2.97. The van der Waals surface area contributed by atoms with Crippen LogP contribution in [0.4, 0.5) is 0 Å². The Balaban J connectivity index is 1.74. The summed E-state index contributed by atoms with van der Waals surface area (Å²) in [5.41, 5.74) is 1.30. The fourth-order valence-corrected chi connectivity index (χ4v) is 2.47. The summed E-state index contributed by atoms with van der Waals surface area (Å²) < 4.78 is 6.92. The van der Waals surface area contributed by atoms with Gasteiger partial charge in [-0.05, 0) is 31.4 Å². The van der Waals surface area contributed by atoms with Crippen molar-refractivity contribution in [1.82, 2.24) is 5.32 Å². The van der Waals surface area contributed by atoms with Gasteiger partial charge in [-0.25, -0.2) is 0 Å². The number of halogens is 1. The summed E-state index contributed by atoms with van der Waals surface area (Å²) in [4.78, 5) is 0. The number of hydrogen-bond acceptors (Lipinski definition) is 2. The minimum Gasteiger partial charge on any atom is -0.374 e. The Morgan fingerprint density at radius 1 is 1.38 bits per heavy atom. The standard InChI is InChI=1S/C13H18BrNO/c1-10-6-7-12(16-10)9-15-8-11-4-2-3-5-13(11)14/h2-5,10,12,15H,6-9H2,1H3. The van der Waals surface area contributed by atoms with Crippen molar-refractivity contribution in [3.8, 4) is 0 Å². The molecule has 1 heterocycles. The van der Waals surface area contributed by atoms with E-state index < -0.39 is 0 Å². The summed E-state index contributed by atoms with van der Waals surface area (Å²) in [6.45, 7) is 4.00. The normalized spacial score (nSPS) is 24.9. The quantitative estimate of drug-likeness (QED) is 0.917. The smallest absolute Gasteiger partial charge is 0.0704 e. The van der Waals surface area contributed by atoms with Crippen molar-refractivity contribution in [2.45, 2.75) is 38.5 Å². The number of ether oxygens (including phenoxy) is 1. The van der Waals surface area contributed by atoms with Crippen molar-refractivity contribution >= 4 is 15.9 Å². The minimum absolute atomic E-state index is 0.400. The van der Waals surface area contributed by atoms with Gasteiger partial charge in [-0.2, -0.15) is 0 Å². The van der Waals surface area contributed by atoms with Crippen molar-refractivity contribution < 1.29 is 4.74 Å². The molecule has 2 nitrogen and oxygen atoms in total. The van der Waals surface area contributed by atoms with Crippen LogP contribution in [0, 0.1) is 0 Å². The van der Waals surface area contributed by atoms with Gasteiger partial charge in [0.1, 0.15) is 0 Å². The second kappa shape index (κ2) is 5.80. The van der Waals surface area contributed by atoms with Gasteiger partial charge in [0.2, 0.25) is 0 Å². The molecule has 1 aromatic rings. The molecule has 0 saturated carbocycles. The van der Waals surface area contributed by atoms with Crippen LogP contribution >= 0.6 is 15.9 Å². The molecule has 0 spiro atoms. The second-order valence-corrected chi connectivity index (χ2v) is 5.22. The van der Waals surface area contributed by atoms with E-state index in [9.17, 15) is 0 Å². The van der Waals surface area contributed by atoms with Crippen molar-refractivity contribution in [3.05, 3.63) is 34.3 Å². The van der Waals surface area contributed by atoms with E-state index in [1.165, 1.54) is 22.9 Å². The van der Waals surface area contributed by atoms with Crippen LogP contribution in [0.1, 0.15) is 25.3 Å². The molecule has 88 valence electrons. The van der Waals surface area contributed by atoms with E-state index in [-0.39, 0.29) is 0 Å². The lowest BCUT2D eigenvalue weighted by Crippen LogP contribution is -2.26. The topological polar surface area (TPSA) is 21.3 Å². The lowest BCUT2D eigenvalue weighted by Gasteiger charge is -2.12. The fraction of sp³-hybridized carbons (Fsp3) is 0.538. The average molecular weight is 284 g/mol. The minimum atomic E-state index is 0.400. The van der Waals surface area contributed by atoms with Gasteiger partial charge in [0.25, 0.3) is 0 Å². The number of nitrogens with one attached hydrogen (secondary N) is 1. The molecule has 1 saturated heterocycles. The van der Waals surface area contributed by atoms with Gasteiger partial charge in [0.15, 0.2) is 0 Å². The number of hydrogen-bond donors (Lipinski definition) is 1. The molecule has 1 aliphatic rings. The van der Waals surface area contributed by atoms with Crippen molar-refractivity contribution in [2.75, 3.05) is 6.54 Å². The molecule has 1 fully saturated rings. The second-order valence-electron chi connectivity index (χ2n) is 4.37. The Morgan fingerprint density at radius 3 is 2.88 bits per heavy atom. The highest BCUT2D eigenvalue weighted by Gasteiger charge is 2.20. The van der Waals surface area contributed by atoms with E-state index in [0.29, 0.717) is 12.2 Å². The fourth-order valence-electron chi connectivity index (χ4n) is 2.04. The average Bonchev–Trinajstić information content (AvgIpc) is 2.67. The molecule has 0 radical (unpaired) electrons. The maximum atomic E-state index is 5.76. The van der Waals surface area contributed by atoms with Crippen LogP contribution in [0.15, 0.2) is 28.7 Å². The first kappa shape index (κ1) is 12.1. The molecule has 3 heteroatoms. The molecule has 2 rings (SSSR count). The van der Waals surface area contributed by atoms with Crippen LogP contribution in [0.2, 0.25) is 0 Å². The van der Waals surface area contributed by atoms with Gasteiger partial charge in [0, 0.05) is 17.6 Å². The first-order valence-electron chi connectivity index (χ1n) is 5.85. The zero-order chi connectivity index (χ0) is 11.4. The Morgan fingerprint density at radius 2 is 2.19 bits per heavy atom. The van der Waals surface area contributed by atoms with Crippen LogP contribution in [-0.4, -0.2) is 18.8 Å². The highest BCUT2D eigenvalue weighted by molar-refractivity contribution is 9.10. The lowest BCUT2D eigenvalue weighted by atomic mass is 10.2. The maximum Gasteiger partial charge on any atom is 0.0704 e.